The summed E-state index contributed by atoms with van der Waals surface area (Å²) in [6, 6.07) is 8.49. The minimum absolute atomic E-state index is 0.0116. The Kier molecular flexibility index (Phi) is 5.55. The first-order valence-corrected chi connectivity index (χ1v) is 7.05. The number of benzene rings is 2. The van der Waals surface area contributed by atoms with Crippen LogP contribution in [0.15, 0.2) is 48.5 Å². The molecule has 0 unspecified atom stereocenters. The molecule has 0 atom stereocenters. The molecule has 0 bridgehead atoms. The van der Waals surface area contributed by atoms with E-state index < -0.39 is 35.1 Å². The Labute approximate surface area is 144 Å². The SMILES string of the molecule is O=C(COC(=O)c1ccc([N+](=O)[O-])cc1)Nc1cccc(C(F)(F)F)c1. The highest BCUT2D eigenvalue weighted by molar-refractivity contribution is 5.95. The summed E-state index contributed by atoms with van der Waals surface area (Å²) in [5.41, 5.74) is -1.26. The highest BCUT2D eigenvalue weighted by Gasteiger charge is 2.30. The molecule has 0 aliphatic rings. The van der Waals surface area contributed by atoms with Gasteiger partial charge in [0, 0.05) is 17.8 Å². The maximum absolute atomic E-state index is 12.6. The molecule has 0 aliphatic heterocycles. The normalized spacial score (nSPS) is 10.9. The molecule has 0 spiro atoms. The molecule has 0 aromatic heterocycles. The zero-order chi connectivity index (χ0) is 19.3. The van der Waals surface area contributed by atoms with Gasteiger partial charge in [-0.15, -0.1) is 0 Å². The number of carbonyl (C=O) groups is 2. The molecule has 7 nitrogen and oxygen atoms in total. The lowest BCUT2D eigenvalue weighted by atomic mass is 10.2. The van der Waals surface area contributed by atoms with Crippen molar-refractivity contribution in [2.24, 2.45) is 0 Å². The minimum Gasteiger partial charge on any atom is -0.452 e. The molecule has 2 aromatic rings. The van der Waals surface area contributed by atoms with E-state index in [1.54, 1.807) is 0 Å². The van der Waals surface area contributed by atoms with Crippen molar-refractivity contribution in [1.29, 1.82) is 0 Å². The summed E-state index contributed by atoms with van der Waals surface area (Å²) in [6.07, 6.45) is -4.55. The van der Waals surface area contributed by atoms with Gasteiger partial charge in [-0.2, -0.15) is 13.2 Å². The number of esters is 1. The maximum atomic E-state index is 12.6. The second-order valence-electron chi connectivity index (χ2n) is 5.01. The molecular weight excluding hydrogens is 357 g/mol. The minimum atomic E-state index is -4.55. The highest BCUT2D eigenvalue weighted by atomic mass is 19.4. The molecular formula is C16H11F3N2O5. The standard InChI is InChI=1S/C16H11F3N2O5/c17-16(18,19)11-2-1-3-12(8-11)20-14(22)9-26-15(23)10-4-6-13(7-5-10)21(24)25/h1-8H,9H2,(H,20,22). The molecule has 0 radical (unpaired) electrons. The van der Waals surface area contributed by atoms with Crippen LogP contribution < -0.4 is 5.32 Å². The number of rotatable bonds is 5. The van der Waals surface area contributed by atoms with E-state index >= 15 is 0 Å². The number of amides is 1. The molecule has 1 N–H and O–H groups in total. The van der Waals surface area contributed by atoms with E-state index in [-0.39, 0.29) is 16.9 Å². The van der Waals surface area contributed by atoms with Gasteiger partial charge in [0.25, 0.3) is 11.6 Å². The Morgan fingerprint density at radius 2 is 1.77 bits per heavy atom. The van der Waals surface area contributed by atoms with Crippen LogP contribution >= 0.6 is 0 Å². The molecule has 136 valence electrons. The van der Waals surface area contributed by atoms with E-state index in [4.69, 9.17) is 4.74 Å². The monoisotopic (exact) mass is 368 g/mol. The van der Waals surface area contributed by atoms with Gasteiger partial charge in [0.1, 0.15) is 0 Å². The van der Waals surface area contributed by atoms with Crippen LogP contribution in [0, 0.1) is 10.1 Å². The van der Waals surface area contributed by atoms with Gasteiger partial charge in [-0.05, 0) is 30.3 Å². The predicted octanol–water partition coefficient (Wildman–Crippen LogP) is 3.41. The Bertz CT molecular complexity index is 835. The summed E-state index contributed by atoms with van der Waals surface area (Å²) in [4.78, 5) is 33.3. The van der Waals surface area contributed by atoms with E-state index in [1.165, 1.54) is 6.07 Å². The van der Waals surface area contributed by atoms with Gasteiger partial charge >= 0.3 is 12.1 Å². The van der Waals surface area contributed by atoms with E-state index in [2.05, 4.69) is 5.32 Å². The Morgan fingerprint density at radius 1 is 1.12 bits per heavy atom. The van der Waals surface area contributed by atoms with Crippen LogP contribution in [-0.4, -0.2) is 23.4 Å². The van der Waals surface area contributed by atoms with Gasteiger partial charge in [0.2, 0.25) is 0 Å². The lowest BCUT2D eigenvalue weighted by molar-refractivity contribution is -0.384. The number of carbonyl (C=O) groups excluding carboxylic acids is 2. The molecule has 26 heavy (non-hydrogen) atoms. The van der Waals surface area contributed by atoms with Crippen LogP contribution in [-0.2, 0) is 15.7 Å². The van der Waals surface area contributed by atoms with Gasteiger partial charge in [0.15, 0.2) is 6.61 Å². The number of nitro groups is 1. The largest absolute Gasteiger partial charge is 0.452 e. The number of halogens is 3. The first-order valence-electron chi connectivity index (χ1n) is 7.05. The lowest BCUT2D eigenvalue weighted by Gasteiger charge is -2.10. The smallest absolute Gasteiger partial charge is 0.416 e. The topological polar surface area (TPSA) is 98.5 Å². The van der Waals surface area contributed by atoms with Gasteiger partial charge in [-0.1, -0.05) is 6.07 Å². The van der Waals surface area contributed by atoms with Crippen LogP contribution in [0.1, 0.15) is 15.9 Å². The van der Waals surface area contributed by atoms with Crippen LogP contribution in [0.25, 0.3) is 0 Å². The summed E-state index contributed by atoms with van der Waals surface area (Å²) in [7, 11) is 0. The number of nitro benzene ring substituents is 1. The number of ether oxygens (including phenoxy) is 1. The van der Waals surface area contributed by atoms with Crippen LogP contribution in [0.4, 0.5) is 24.5 Å². The number of non-ortho nitro benzene ring substituents is 1. The maximum Gasteiger partial charge on any atom is 0.416 e. The first kappa shape index (κ1) is 18.9. The number of anilines is 1. The van der Waals surface area contributed by atoms with E-state index in [9.17, 15) is 32.9 Å². The molecule has 0 saturated heterocycles. The van der Waals surface area contributed by atoms with Gasteiger partial charge < -0.3 is 10.1 Å². The molecule has 0 fully saturated rings. The molecule has 2 aromatic carbocycles. The van der Waals surface area contributed by atoms with E-state index in [1.807, 2.05) is 0 Å². The number of nitrogens with zero attached hydrogens (tertiary/aromatic N) is 1. The highest BCUT2D eigenvalue weighted by Crippen LogP contribution is 2.30. The van der Waals surface area contributed by atoms with Crippen LogP contribution in [0.3, 0.4) is 0 Å². The fourth-order valence-corrected chi connectivity index (χ4v) is 1.90. The van der Waals surface area contributed by atoms with Crippen molar-refractivity contribution in [2.45, 2.75) is 6.18 Å². The van der Waals surface area contributed by atoms with Crippen molar-refractivity contribution >= 4 is 23.3 Å². The summed E-state index contributed by atoms with van der Waals surface area (Å²) in [6.45, 7) is -0.730. The number of nitrogens with one attached hydrogen (secondary N) is 1. The summed E-state index contributed by atoms with van der Waals surface area (Å²) in [5, 5.41) is 12.7. The average molecular weight is 368 g/mol. The van der Waals surface area contributed by atoms with Crippen LogP contribution in [0.5, 0.6) is 0 Å². The average Bonchev–Trinajstić information content (AvgIpc) is 2.59. The van der Waals surface area contributed by atoms with Crippen molar-refractivity contribution in [1.82, 2.24) is 0 Å². The number of hydrogen-bond donors (Lipinski definition) is 1. The Balaban J connectivity index is 1.92. The molecule has 2 rings (SSSR count). The van der Waals surface area contributed by atoms with E-state index in [0.717, 1.165) is 42.5 Å². The van der Waals surface area contributed by atoms with Crippen molar-refractivity contribution in [3.8, 4) is 0 Å². The molecule has 0 aliphatic carbocycles. The zero-order valence-electron chi connectivity index (χ0n) is 12.9. The second-order valence-corrected chi connectivity index (χ2v) is 5.01. The van der Waals surface area contributed by atoms with Crippen molar-refractivity contribution < 1.29 is 32.4 Å². The van der Waals surface area contributed by atoms with Crippen molar-refractivity contribution in [3.63, 3.8) is 0 Å². The quantitative estimate of drug-likeness (QED) is 0.495. The number of alkyl halides is 3. The van der Waals surface area contributed by atoms with Gasteiger partial charge in [-0.3, -0.25) is 14.9 Å². The van der Waals surface area contributed by atoms with Gasteiger partial charge in [-0.25, -0.2) is 4.79 Å². The zero-order valence-corrected chi connectivity index (χ0v) is 12.9. The Morgan fingerprint density at radius 3 is 2.35 bits per heavy atom. The van der Waals surface area contributed by atoms with Crippen molar-refractivity contribution in [2.75, 3.05) is 11.9 Å². The van der Waals surface area contributed by atoms with Gasteiger partial charge in [0.05, 0.1) is 16.1 Å². The molecule has 0 saturated carbocycles. The summed E-state index contributed by atoms with van der Waals surface area (Å²) < 4.78 is 42.5. The fraction of sp³-hybridized carbons (Fsp3) is 0.125. The third-order valence-corrected chi connectivity index (χ3v) is 3.12. The molecule has 1 amide bonds. The summed E-state index contributed by atoms with van der Waals surface area (Å²) >= 11 is 0. The molecule has 0 heterocycles. The number of hydrogen-bond acceptors (Lipinski definition) is 5. The predicted molar refractivity (Wildman–Crippen MR) is 83.5 cm³/mol. The van der Waals surface area contributed by atoms with Crippen LogP contribution in [0.2, 0.25) is 0 Å². The van der Waals surface area contributed by atoms with Crippen molar-refractivity contribution in [3.05, 3.63) is 69.8 Å². The first-order chi connectivity index (χ1) is 12.2. The lowest BCUT2D eigenvalue weighted by Crippen LogP contribution is -2.21. The Hall–Kier alpha value is -3.43. The summed E-state index contributed by atoms with van der Waals surface area (Å²) in [5.74, 6) is -1.74. The molecule has 10 heteroatoms. The third-order valence-electron chi connectivity index (χ3n) is 3.12. The third kappa shape index (κ3) is 5.03. The van der Waals surface area contributed by atoms with E-state index in [0.29, 0.717) is 0 Å². The fourth-order valence-electron chi connectivity index (χ4n) is 1.90. The second kappa shape index (κ2) is 7.64.